The van der Waals surface area contributed by atoms with Gasteiger partial charge in [0, 0.05) is 0 Å². The summed E-state index contributed by atoms with van der Waals surface area (Å²) >= 11 is 0. The van der Waals surface area contributed by atoms with Gasteiger partial charge in [-0.25, -0.2) is 0 Å². The topological polar surface area (TPSA) is 43.2 Å². The predicted molar refractivity (Wildman–Crippen MR) is 110 cm³/mol. The second kappa shape index (κ2) is 8.64. The van der Waals surface area contributed by atoms with E-state index in [9.17, 15) is 0 Å². The average molecular weight is 366 g/mol. The maximum absolute atomic E-state index is 5.77. The van der Waals surface area contributed by atoms with Gasteiger partial charge in [-0.05, 0) is 72.8 Å². The van der Waals surface area contributed by atoms with E-state index in [1.54, 1.807) is 0 Å². The molecule has 0 saturated carbocycles. The summed E-state index contributed by atoms with van der Waals surface area (Å²) in [5.41, 5.74) is 1.51. The number of benzene rings is 4. The first-order valence-corrected chi connectivity index (χ1v) is 8.93. The van der Waals surface area contributed by atoms with Gasteiger partial charge in [0.15, 0.2) is 0 Å². The first-order chi connectivity index (χ1) is 13.8. The molecule has 4 nitrogen and oxygen atoms in total. The summed E-state index contributed by atoms with van der Waals surface area (Å²) in [5, 5.41) is 8.53. The lowest BCUT2D eigenvalue weighted by Gasteiger charge is -2.05. The molecule has 0 aliphatic carbocycles. The van der Waals surface area contributed by atoms with Crippen molar-refractivity contribution in [3.05, 3.63) is 109 Å². The van der Waals surface area contributed by atoms with E-state index in [-0.39, 0.29) is 0 Å². The van der Waals surface area contributed by atoms with E-state index < -0.39 is 0 Å². The minimum Gasteiger partial charge on any atom is -0.457 e. The molecule has 4 heteroatoms. The Balaban J connectivity index is 1.37. The summed E-state index contributed by atoms with van der Waals surface area (Å²) in [6, 6.07) is 34.3. The SMILES string of the molecule is c1ccc(Oc2ccc(N=Nc3ccc(Oc4ccccc4)cc3)cc2)cc1. The fourth-order valence-electron chi connectivity index (χ4n) is 2.53. The Morgan fingerprint density at radius 2 is 0.679 bits per heavy atom. The molecule has 0 aliphatic heterocycles. The number of azo groups is 1. The third-order valence-corrected chi connectivity index (χ3v) is 3.91. The molecule has 0 unspecified atom stereocenters. The van der Waals surface area contributed by atoms with Crippen LogP contribution in [0.5, 0.6) is 23.0 Å². The van der Waals surface area contributed by atoms with Gasteiger partial charge in [-0.15, -0.1) is 0 Å². The maximum Gasteiger partial charge on any atom is 0.127 e. The van der Waals surface area contributed by atoms with Crippen LogP contribution < -0.4 is 9.47 Å². The Labute approximate surface area is 163 Å². The van der Waals surface area contributed by atoms with Gasteiger partial charge in [-0.1, -0.05) is 36.4 Å². The van der Waals surface area contributed by atoms with Crippen molar-refractivity contribution in [1.29, 1.82) is 0 Å². The summed E-state index contributed by atoms with van der Waals surface area (Å²) in [6.45, 7) is 0. The molecule has 0 spiro atoms. The maximum atomic E-state index is 5.77. The van der Waals surface area contributed by atoms with Gasteiger partial charge in [-0.3, -0.25) is 0 Å². The highest BCUT2D eigenvalue weighted by Crippen LogP contribution is 2.27. The molecule has 0 bridgehead atoms. The van der Waals surface area contributed by atoms with Crippen molar-refractivity contribution < 1.29 is 9.47 Å². The third-order valence-electron chi connectivity index (χ3n) is 3.91. The Morgan fingerprint density at radius 1 is 0.357 bits per heavy atom. The van der Waals surface area contributed by atoms with Crippen molar-refractivity contribution in [3.8, 4) is 23.0 Å². The molecule has 136 valence electrons. The fourth-order valence-corrected chi connectivity index (χ4v) is 2.53. The number of hydrogen-bond donors (Lipinski definition) is 0. The van der Waals surface area contributed by atoms with Crippen LogP contribution in [0.15, 0.2) is 119 Å². The predicted octanol–water partition coefficient (Wildman–Crippen LogP) is 7.69. The molecule has 4 aromatic rings. The number of rotatable bonds is 6. The summed E-state index contributed by atoms with van der Waals surface area (Å²) in [7, 11) is 0. The van der Waals surface area contributed by atoms with E-state index in [1.165, 1.54) is 0 Å². The van der Waals surface area contributed by atoms with Crippen LogP contribution in [0.1, 0.15) is 0 Å². The molecule has 0 amide bonds. The lowest BCUT2D eigenvalue weighted by atomic mass is 10.3. The van der Waals surface area contributed by atoms with Crippen LogP contribution in [0.25, 0.3) is 0 Å². The van der Waals surface area contributed by atoms with Gasteiger partial charge in [0.05, 0.1) is 11.4 Å². The molecule has 4 aromatic carbocycles. The summed E-state index contributed by atoms with van der Waals surface area (Å²) < 4.78 is 11.5. The second-order valence-corrected chi connectivity index (χ2v) is 6.02. The number of nitrogens with zero attached hydrogens (tertiary/aromatic N) is 2. The van der Waals surface area contributed by atoms with E-state index in [4.69, 9.17) is 9.47 Å². The third kappa shape index (κ3) is 4.83. The van der Waals surface area contributed by atoms with Crippen molar-refractivity contribution >= 4 is 11.4 Å². The zero-order chi connectivity index (χ0) is 19.0. The molecule has 4 rings (SSSR count). The van der Waals surface area contributed by atoms with Crippen molar-refractivity contribution in [2.45, 2.75) is 0 Å². The quantitative estimate of drug-likeness (QED) is 0.328. The van der Waals surface area contributed by atoms with Crippen LogP contribution in [-0.4, -0.2) is 0 Å². The summed E-state index contributed by atoms with van der Waals surface area (Å²) in [6.07, 6.45) is 0. The molecule has 0 N–H and O–H groups in total. The minimum atomic E-state index is 0.755. The molecular formula is C24H18N2O2. The summed E-state index contributed by atoms with van der Waals surface area (Å²) in [4.78, 5) is 0. The first-order valence-electron chi connectivity index (χ1n) is 8.93. The van der Waals surface area contributed by atoms with Gasteiger partial charge in [0.25, 0.3) is 0 Å². The van der Waals surface area contributed by atoms with E-state index in [1.807, 2.05) is 109 Å². The van der Waals surface area contributed by atoms with E-state index >= 15 is 0 Å². The van der Waals surface area contributed by atoms with Crippen LogP contribution in [-0.2, 0) is 0 Å². The van der Waals surface area contributed by atoms with Crippen molar-refractivity contribution in [2.75, 3.05) is 0 Å². The smallest absolute Gasteiger partial charge is 0.127 e. The second-order valence-electron chi connectivity index (χ2n) is 6.02. The van der Waals surface area contributed by atoms with Crippen LogP contribution in [0.3, 0.4) is 0 Å². The first kappa shape index (κ1) is 17.5. The van der Waals surface area contributed by atoms with E-state index in [0.717, 1.165) is 34.4 Å². The normalized spacial score (nSPS) is 10.7. The molecule has 0 aliphatic rings. The van der Waals surface area contributed by atoms with Gasteiger partial charge in [-0.2, -0.15) is 10.2 Å². The van der Waals surface area contributed by atoms with Crippen LogP contribution in [0.4, 0.5) is 11.4 Å². The monoisotopic (exact) mass is 366 g/mol. The number of ether oxygens (including phenoxy) is 2. The van der Waals surface area contributed by atoms with Gasteiger partial charge >= 0.3 is 0 Å². The molecule has 28 heavy (non-hydrogen) atoms. The standard InChI is InChI=1S/C24H18N2O2/c1-3-7-21(8-4-1)27-23-15-11-19(12-16-23)25-26-20-13-17-24(18-14-20)28-22-9-5-2-6-10-22/h1-18H. The van der Waals surface area contributed by atoms with Crippen LogP contribution in [0, 0.1) is 0 Å². The van der Waals surface area contributed by atoms with Gasteiger partial charge < -0.3 is 9.47 Å². The highest BCUT2D eigenvalue weighted by atomic mass is 16.5. The molecule has 0 heterocycles. The summed E-state index contributed by atoms with van der Waals surface area (Å²) in [5.74, 6) is 3.12. The number of hydrogen-bond acceptors (Lipinski definition) is 4. The Hall–Kier alpha value is -3.92. The zero-order valence-corrected chi connectivity index (χ0v) is 15.1. The Kier molecular flexibility index (Phi) is 5.40. The van der Waals surface area contributed by atoms with E-state index in [2.05, 4.69) is 10.2 Å². The molecule has 0 saturated heterocycles. The van der Waals surface area contributed by atoms with Gasteiger partial charge in [0.1, 0.15) is 23.0 Å². The average Bonchev–Trinajstić information content (AvgIpc) is 2.76. The van der Waals surface area contributed by atoms with Crippen LogP contribution >= 0.6 is 0 Å². The fraction of sp³-hybridized carbons (Fsp3) is 0. The number of para-hydroxylation sites is 2. The minimum absolute atomic E-state index is 0.755. The van der Waals surface area contributed by atoms with E-state index in [0.29, 0.717) is 0 Å². The Morgan fingerprint density at radius 3 is 1.04 bits per heavy atom. The van der Waals surface area contributed by atoms with Gasteiger partial charge in [0.2, 0.25) is 0 Å². The molecular weight excluding hydrogens is 348 g/mol. The van der Waals surface area contributed by atoms with Crippen molar-refractivity contribution in [1.82, 2.24) is 0 Å². The van der Waals surface area contributed by atoms with Crippen LogP contribution in [0.2, 0.25) is 0 Å². The van der Waals surface area contributed by atoms with Crippen molar-refractivity contribution in [3.63, 3.8) is 0 Å². The lowest BCUT2D eigenvalue weighted by Crippen LogP contribution is -1.82. The largest absolute Gasteiger partial charge is 0.457 e. The lowest BCUT2D eigenvalue weighted by molar-refractivity contribution is 0.482. The highest BCUT2D eigenvalue weighted by Gasteiger charge is 1.99. The highest BCUT2D eigenvalue weighted by molar-refractivity contribution is 5.45. The zero-order valence-electron chi connectivity index (χ0n) is 15.1. The molecule has 0 radical (unpaired) electrons. The molecule has 0 atom stereocenters. The molecule has 0 fully saturated rings. The molecule has 0 aromatic heterocycles. The van der Waals surface area contributed by atoms with Crippen molar-refractivity contribution in [2.24, 2.45) is 10.2 Å². The Bertz CT molecular complexity index is 942.